The van der Waals surface area contributed by atoms with Gasteiger partial charge < -0.3 is 5.73 Å². The van der Waals surface area contributed by atoms with Crippen molar-refractivity contribution in [2.75, 3.05) is 0 Å². The number of nitrogens with one attached hydrogen (secondary N) is 1. The molecular formula is C10H11FN4. The molecule has 1 aromatic carbocycles. The Morgan fingerprint density at radius 3 is 2.53 bits per heavy atom. The second-order valence-corrected chi connectivity index (χ2v) is 3.34. The second kappa shape index (κ2) is 3.78. The van der Waals surface area contributed by atoms with Crippen LogP contribution in [0.3, 0.4) is 0 Å². The molecule has 2 aromatic rings. The number of hydrogen-bond donors (Lipinski definition) is 2. The maximum absolute atomic E-state index is 12.7. The first-order valence-corrected chi connectivity index (χ1v) is 4.60. The summed E-state index contributed by atoms with van der Waals surface area (Å²) in [5.74, 6) is 0.873. The van der Waals surface area contributed by atoms with Gasteiger partial charge in [0.25, 0.3) is 0 Å². The lowest BCUT2D eigenvalue weighted by Gasteiger charge is -1.96. The molecule has 0 aliphatic rings. The molecule has 4 nitrogen and oxygen atoms in total. The first kappa shape index (κ1) is 9.79. The zero-order chi connectivity index (χ0) is 10.8. The van der Waals surface area contributed by atoms with Crippen LogP contribution in [0.5, 0.6) is 0 Å². The predicted molar refractivity (Wildman–Crippen MR) is 54.4 cm³/mol. The molecule has 0 fully saturated rings. The van der Waals surface area contributed by atoms with Crippen molar-refractivity contribution < 1.29 is 4.39 Å². The van der Waals surface area contributed by atoms with Gasteiger partial charge >= 0.3 is 0 Å². The Bertz CT molecular complexity index is 447. The number of rotatable bonds is 2. The number of hydrogen-bond acceptors (Lipinski definition) is 3. The summed E-state index contributed by atoms with van der Waals surface area (Å²) in [6.45, 7) is 1.81. The fourth-order valence-corrected chi connectivity index (χ4v) is 1.21. The quantitative estimate of drug-likeness (QED) is 0.784. The molecule has 15 heavy (non-hydrogen) atoms. The zero-order valence-electron chi connectivity index (χ0n) is 8.24. The Hall–Kier alpha value is -1.75. The Morgan fingerprint density at radius 1 is 1.33 bits per heavy atom. The van der Waals surface area contributed by atoms with Gasteiger partial charge in [-0.15, -0.1) is 0 Å². The van der Waals surface area contributed by atoms with Gasteiger partial charge in [0.05, 0.1) is 6.04 Å². The summed E-state index contributed by atoms with van der Waals surface area (Å²) < 4.78 is 12.7. The summed E-state index contributed by atoms with van der Waals surface area (Å²) in [6.07, 6.45) is 0. The van der Waals surface area contributed by atoms with Crippen LogP contribution in [0.1, 0.15) is 18.8 Å². The van der Waals surface area contributed by atoms with Crippen molar-refractivity contribution in [1.82, 2.24) is 15.2 Å². The van der Waals surface area contributed by atoms with E-state index in [0.717, 1.165) is 5.56 Å². The summed E-state index contributed by atoms with van der Waals surface area (Å²) in [4.78, 5) is 4.20. The number of nitrogens with zero attached hydrogens (tertiary/aromatic N) is 2. The summed E-state index contributed by atoms with van der Waals surface area (Å²) in [5, 5.41) is 6.74. The molecule has 78 valence electrons. The van der Waals surface area contributed by atoms with Crippen LogP contribution in [0, 0.1) is 5.82 Å². The molecule has 3 N–H and O–H groups in total. The van der Waals surface area contributed by atoms with Crippen molar-refractivity contribution >= 4 is 0 Å². The van der Waals surface area contributed by atoms with Gasteiger partial charge in [0.15, 0.2) is 5.82 Å². The number of aromatic amines is 1. The molecule has 1 atom stereocenters. The third kappa shape index (κ3) is 2.02. The van der Waals surface area contributed by atoms with Gasteiger partial charge in [0.2, 0.25) is 0 Å². The summed E-state index contributed by atoms with van der Waals surface area (Å²) in [5.41, 5.74) is 6.40. The molecule has 0 saturated carbocycles. The van der Waals surface area contributed by atoms with Crippen LogP contribution >= 0.6 is 0 Å². The minimum atomic E-state index is -0.276. The average Bonchev–Trinajstić information content (AvgIpc) is 2.68. The highest BCUT2D eigenvalue weighted by atomic mass is 19.1. The Morgan fingerprint density at radius 2 is 2.00 bits per heavy atom. The van der Waals surface area contributed by atoms with Gasteiger partial charge in [-0.1, -0.05) is 0 Å². The van der Waals surface area contributed by atoms with Crippen molar-refractivity contribution in [2.45, 2.75) is 13.0 Å². The van der Waals surface area contributed by atoms with E-state index in [4.69, 9.17) is 5.73 Å². The highest BCUT2D eigenvalue weighted by Crippen LogP contribution is 2.16. The SMILES string of the molecule is C[C@H](N)c1nc(-c2ccc(F)cc2)n[nH]1. The lowest BCUT2D eigenvalue weighted by Crippen LogP contribution is -2.06. The first-order valence-electron chi connectivity index (χ1n) is 4.60. The number of aromatic nitrogens is 3. The predicted octanol–water partition coefficient (Wildman–Crippen LogP) is 1.63. The molecule has 2 rings (SSSR count). The summed E-state index contributed by atoms with van der Waals surface area (Å²) in [7, 11) is 0. The topological polar surface area (TPSA) is 67.6 Å². The monoisotopic (exact) mass is 206 g/mol. The van der Waals surface area contributed by atoms with Crippen LogP contribution in [0.25, 0.3) is 11.4 Å². The summed E-state index contributed by atoms with van der Waals surface area (Å²) >= 11 is 0. The van der Waals surface area contributed by atoms with E-state index in [1.807, 2.05) is 6.92 Å². The van der Waals surface area contributed by atoms with Crippen molar-refractivity contribution in [1.29, 1.82) is 0 Å². The standard InChI is InChI=1S/C10H11FN4/c1-6(12)9-13-10(15-14-9)7-2-4-8(11)5-3-7/h2-6H,12H2,1H3,(H,13,14,15)/t6-/m0/s1. The van der Waals surface area contributed by atoms with Gasteiger partial charge in [-0.3, -0.25) is 5.10 Å². The van der Waals surface area contributed by atoms with E-state index in [9.17, 15) is 4.39 Å². The van der Waals surface area contributed by atoms with Crippen LogP contribution in [-0.2, 0) is 0 Å². The van der Waals surface area contributed by atoms with E-state index < -0.39 is 0 Å². The van der Waals surface area contributed by atoms with Crippen molar-refractivity contribution in [2.24, 2.45) is 5.73 Å². The lowest BCUT2D eigenvalue weighted by molar-refractivity contribution is 0.628. The van der Waals surface area contributed by atoms with E-state index in [1.165, 1.54) is 12.1 Å². The van der Waals surface area contributed by atoms with Crippen LogP contribution in [0.15, 0.2) is 24.3 Å². The van der Waals surface area contributed by atoms with Gasteiger partial charge in [0, 0.05) is 5.56 Å². The average molecular weight is 206 g/mol. The van der Waals surface area contributed by atoms with E-state index in [1.54, 1.807) is 12.1 Å². The Kier molecular flexibility index (Phi) is 2.47. The van der Waals surface area contributed by atoms with Gasteiger partial charge in [0.1, 0.15) is 11.6 Å². The van der Waals surface area contributed by atoms with Crippen LogP contribution in [0.4, 0.5) is 4.39 Å². The fraction of sp³-hybridized carbons (Fsp3) is 0.200. The van der Waals surface area contributed by atoms with Crippen molar-refractivity contribution in [3.05, 3.63) is 35.9 Å². The minimum Gasteiger partial charge on any atom is -0.322 e. The van der Waals surface area contributed by atoms with E-state index in [-0.39, 0.29) is 11.9 Å². The first-order chi connectivity index (χ1) is 7.16. The molecule has 0 aliphatic heterocycles. The second-order valence-electron chi connectivity index (χ2n) is 3.34. The Labute approximate surface area is 86.3 Å². The van der Waals surface area contributed by atoms with Crippen LogP contribution < -0.4 is 5.73 Å². The Balaban J connectivity index is 2.33. The van der Waals surface area contributed by atoms with Gasteiger partial charge in [-0.25, -0.2) is 9.37 Å². The molecule has 0 amide bonds. The number of H-pyrrole nitrogens is 1. The number of nitrogens with two attached hydrogens (primary N) is 1. The normalized spacial score (nSPS) is 12.7. The third-order valence-corrected chi connectivity index (χ3v) is 2.04. The zero-order valence-corrected chi connectivity index (χ0v) is 8.24. The summed E-state index contributed by atoms with van der Waals surface area (Å²) in [6, 6.07) is 5.81. The molecular weight excluding hydrogens is 195 g/mol. The molecule has 0 spiro atoms. The molecule has 0 bridgehead atoms. The van der Waals surface area contributed by atoms with E-state index in [2.05, 4.69) is 15.2 Å². The molecule has 0 unspecified atom stereocenters. The third-order valence-electron chi connectivity index (χ3n) is 2.04. The molecule has 0 aliphatic carbocycles. The maximum atomic E-state index is 12.7. The highest BCUT2D eigenvalue weighted by molar-refractivity contribution is 5.54. The van der Waals surface area contributed by atoms with Crippen LogP contribution in [0.2, 0.25) is 0 Å². The van der Waals surface area contributed by atoms with E-state index >= 15 is 0 Å². The molecule has 1 heterocycles. The smallest absolute Gasteiger partial charge is 0.181 e. The number of benzene rings is 1. The molecule has 1 aromatic heterocycles. The maximum Gasteiger partial charge on any atom is 0.181 e. The fourth-order valence-electron chi connectivity index (χ4n) is 1.21. The van der Waals surface area contributed by atoms with Gasteiger partial charge in [-0.05, 0) is 31.2 Å². The minimum absolute atomic E-state index is 0.188. The van der Waals surface area contributed by atoms with Crippen LogP contribution in [-0.4, -0.2) is 15.2 Å². The number of halogens is 1. The molecule has 0 radical (unpaired) electrons. The largest absolute Gasteiger partial charge is 0.322 e. The lowest BCUT2D eigenvalue weighted by atomic mass is 10.2. The highest BCUT2D eigenvalue weighted by Gasteiger charge is 2.08. The van der Waals surface area contributed by atoms with E-state index in [0.29, 0.717) is 11.6 Å². The molecule has 5 heteroatoms. The van der Waals surface area contributed by atoms with Gasteiger partial charge in [-0.2, -0.15) is 5.10 Å². The van der Waals surface area contributed by atoms with Crippen molar-refractivity contribution in [3.8, 4) is 11.4 Å². The van der Waals surface area contributed by atoms with Crippen molar-refractivity contribution in [3.63, 3.8) is 0 Å². The molecule has 0 saturated heterocycles.